The second kappa shape index (κ2) is 20.3. The number of aliphatic hydroxyl groups excluding tert-OH is 1. The lowest BCUT2D eigenvalue weighted by molar-refractivity contribution is -0.136. The molecule has 6 fully saturated rings. The van der Waals surface area contributed by atoms with E-state index in [-0.39, 0.29) is 59.1 Å². The van der Waals surface area contributed by atoms with Crippen molar-refractivity contribution in [1.82, 2.24) is 40.3 Å². The number of nitrogens with one attached hydrogen (secondary N) is 2. The molecule has 17 heteroatoms. The summed E-state index contributed by atoms with van der Waals surface area (Å²) < 4.78 is 37.3. The number of hydrogen-bond donors (Lipinski definition) is 3. The minimum absolute atomic E-state index is 0.0618. The minimum Gasteiger partial charge on any atom is -0.462 e. The lowest BCUT2D eigenvalue weighted by Crippen LogP contribution is -2.52. The third-order valence-electron chi connectivity index (χ3n) is 16.2. The number of fused-ring (bicyclic) bond motifs is 5. The zero-order chi connectivity index (χ0) is 49.6. The topological polar surface area (TPSA) is 160 Å². The Labute approximate surface area is 418 Å². The molecular formula is C55H62F2N10O5. The van der Waals surface area contributed by atoms with Gasteiger partial charge in [-0.05, 0) is 113 Å². The average molecular weight is 981 g/mol. The third-order valence-corrected chi connectivity index (χ3v) is 16.2. The molecule has 12 rings (SSSR count). The maximum Gasteiger partial charge on any atom is 0.319 e. The Hall–Kier alpha value is -6.32. The number of halogens is 2. The van der Waals surface area contributed by atoms with E-state index in [9.17, 15) is 23.9 Å². The van der Waals surface area contributed by atoms with Crippen LogP contribution < -0.4 is 25.2 Å². The number of pyridine rings is 1. The van der Waals surface area contributed by atoms with Crippen LogP contribution in [0.2, 0.25) is 0 Å². The predicted molar refractivity (Wildman–Crippen MR) is 271 cm³/mol. The van der Waals surface area contributed by atoms with Gasteiger partial charge >= 0.3 is 6.01 Å². The molecule has 0 radical (unpaired) electrons. The lowest BCUT2D eigenvalue weighted by Gasteiger charge is -2.37. The Bertz CT molecular complexity index is 2940. The summed E-state index contributed by atoms with van der Waals surface area (Å²) in [6, 6.07) is 14.9. The first-order valence-electron chi connectivity index (χ1n) is 25.8. The second-order valence-corrected chi connectivity index (χ2v) is 20.8. The largest absolute Gasteiger partial charge is 0.462 e. The monoisotopic (exact) mass is 980 g/mol. The summed E-state index contributed by atoms with van der Waals surface area (Å²) >= 11 is 0. The van der Waals surface area contributed by atoms with Crippen LogP contribution in [0.1, 0.15) is 85.7 Å². The van der Waals surface area contributed by atoms with Gasteiger partial charge in [0.15, 0.2) is 5.82 Å². The molecule has 6 saturated heterocycles. The van der Waals surface area contributed by atoms with Crippen molar-refractivity contribution in [3.8, 4) is 29.6 Å². The average Bonchev–Trinajstić information content (AvgIpc) is 4.07. The van der Waals surface area contributed by atoms with Crippen LogP contribution in [0.4, 0.5) is 20.3 Å². The SMILES string of the molecule is C#Cc1c(F)ccc2cccc(-c3ncc4c(N5CC6CCC(C5)N6)nc(OCC5CCCN5C)nc4c3F)c12.O=C1CCC(N2Cc3cc(N4CCC(CN5CCC(O)CC5)CC4)ccc3C2=O)C(=O)N1. The summed E-state index contributed by atoms with van der Waals surface area (Å²) in [4.78, 5) is 61.5. The molecule has 376 valence electrons. The number of benzene rings is 3. The Morgan fingerprint density at radius 3 is 2.40 bits per heavy atom. The molecule has 2 aromatic heterocycles. The van der Waals surface area contributed by atoms with E-state index in [1.54, 1.807) is 29.3 Å². The van der Waals surface area contributed by atoms with Crippen LogP contribution >= 0.6 is 0 Å². The normalized spacial score (nSPS) is 24.2. The van der Waals surface area contributed by atoms with Crippen molar-refractivity contribution in [1.29, 1.82) is 0 Å². The molecule has 4 unspecified atom stereocenters. The fourth-order valence-electron chi connectivity index (χ4n) is 12.1. The first-order chi connectivity index (χ1) is 35.0. The molecule has 3 amide bonds. The van der Waals surface area contributed by atoms with Crippen LogP contribution in [0, 0.1) is 29.9 Å². The van der Waals surface area contributed by atoms with E-state index in [2.05, 4.69) is 59.2 Å². The fourth-order valence-corrected chi connectivity index (χ4v) is 12.1. The molecule has 0 saturated carbocycles. The highest BCUT2D eigenvalue weighted by molar-refractivity contribution is 6.06. The van der Waals surface area contributed by atoms with Gasteiger partial charge in [0.05, 0.1) is 17.1 Å². The minimum atomic E-state index is -0.609. The van der Waals surface area contributed by atoms with Gasteiger partial charge in [-0.2, -0.15) is 9.97 Å². The fraction of sp³-hybridized carbons (Fsp3) is 0.491. The maximum absolute atomic E-state index is 16.5. The summed E-state index contributed by atoms with van der Waals surface area (Å²) in [7, 11) is 2.08. The Morgan fingerprint density at radius 2 is 1.67 bits per heavy atom. The Balaban J connectivity index is 0.000000160. The number of likely N-dealkylation sites (tertiary alicyclic amines) is 2. The standard InChI is InChI=1S/C31H30F2N6O.C24H32N4O4/c1-3-22-25(32)12-9-18-6-4-8-23(26(18)22)28-27(33)29-24(14-34-28)30(39-15-19-10-11-20(16-39)35-19)37-31(36-29)40-17-21-7-5-13-38(21)2;29-19-7-9-26(10-8-19)14-16-5-11-27(12-6-16)18-1-2-20-17(13-18)15-28(24(20)32)21-3-4-22(30)25-23(21)31/h1,4,6,8-9,12,14,19-21,35H,5,7,10-11,13,15-17H2,2H3;1-2,13,16,19,21,29H,3-12,14-15H2,(H,25,30,31). The summed E-state index contributed by atoms with van der Waals surface area (Å²) in [6.07, 6.45) is 16.3. The van der Waals surface area contributed by atoms with Crippen LogP contribution in [0.15, 0.2) is 54.7 Å². The maximum atomic E-state index is 16.5. The number of anilines is 2. The zero-order valence-electron chi connectivity index (χ0n) is 40.8. The Kier molecular flexibility index (Phi) is 13.5. The number of hydrogen-bond acceptors (Lipinski definition) is 13. The molecule has 2 bridgehead atoms. The number of piperazine rings is 1. The third kappa shape index (κ3) is 9.57. The molecule has 15 nitrogen and oxygen atoms in total. The smallest absolute Gasteiger partial charge is 0.319 e. The number of imide groups is 1. The molecule has 72 heavy (non-hydrogen) atoms. The van der Waals surface area contributed by atoms with Gasteiger partial charge < -0.3 is 39.7 Å². The van der Waals surface area contributed by atoms with Gasteiger partial charge in [-0.1, -0.05) is 30.2 Å². The highest BCUT2D eigenvalue weighted by Crippen LogP contribution is 2.38. The number of aromatic nitrogens is 3. The van der Waals surface area contributed by atoms with Crippen LogP contribution in [0.25, 0.3) is 32.9 Å². The van der Waals surface area contributed by atoms with Crippen molar-refractivity contribution in [2.75, 3.05) is 75.8 Å². The first-order valence-corrected chi connectivity index (χ1v) is 25.8. The molecule has 9 heterocycles. The van der Waals surface area contributed by atoms with Crippen molar-refractivity contribution >= 4 is 50.9 Å². The molecule has 4 atom stereocenters. The van der Waals surface area contributed by atoms with Gasteiger partial charge in [-0.25, -0.2) is 8.78 Å². The van der Waals surface area contributed by atoms with Crippen molar-refractivity contribution in [3.05, 3.63) is 83.1 Å². The molecule has 3 aromatic carbocycles. The summed E-state index contributed by atoms with van der Waals surface area (Å²) in [6.45, 7) is 8.56. The molecule has 7 aliphatic heterocycles. The number of carbonyl (C=O) groups is 3. The highest BCUT2D eigenvalue weighted by Gasteiger charge is 2.40. The van der Waals surface area contributed by atoms with E-state index >= 15 is 4.39 Å². The predicted octanol–water partition coefficient (Wildman–Crippen LogP) is 5.64. The van der Waals surface area contributed by atoms with E-state index in [1.165, 1.54) is 6.07 Å². The van der Waals surface area contributed by atoms with Crippen LogP contribution in [-0.4, -0.2) is 149 Å². The van der Waals surface area contributed by atoms with E-state index in [0.717, 1.165) is 115 Å². The Morgan fingerprint density at radius 1 is 0.875 bits per heavy atom. The van der Waals surface area contributed by atoms with Crippen molar-refractivity contribution in [3.63, 3.8) is 0 Å². The summed E-state index contributed by atoms with van der Waals surface area (Å²) in [5.41, 5.74) is 3.46. The van der Waals surface area contributed by atoms with E-state index < -0.39 is 17.7 Å². The molecule has 0 spiro atoms. The number of ether oxygens (including phenoxy) is 1. The van der Waals surface area contributed by atoms with Crippen molar-refractivity contribution in [2.24, 2.45) is 5.92 Å². The number of amides is 3. The molecule has 7 aliphatic rings. The number of carbonyl (C=O) groups excluding carboxylic acids is 3. The van der Waals surface area contributed by atoms with Gasteiger partial charge in [0.2, 0.25) is 11.8 Å². The second-order valence-electron chi connectivity index (χ2n) is 20.8. The van der Waals surface area contributed by atoms with Gasteiger partial charge in [0.1, 0.15) is 35.5 Å². The van der Waals surface area contributed by atoms with E-state index in [1.807, 2.05) is 18.2 Å². The number of piperidine rings is 3. The molecule has 5 aromatic rings. The number of nitrogens with zero attached hydrogens (tertiary/aromatic N) is 8. The molecular weight excluding hydrogens is 919 g/mol. The van der Waals surface area contributed by atoms with Gasteiger partial charge in [0.25, 0.3) is 5.91 Å². The summed E-state index contributed by atoms with van der Waals surface area (Å²) in [5, 5.41) is 17.4. The number of rotatable bonds is 9. The van der Waals surface area contributed by atoms with Crippen LogP contribution in [-0.2, 0) is 16.1 Å². The van der Waals surface area contributed by atoms with E-state index in [4.69, 9.17) is 16.1 Å². The van der Waals surface area contributed by atoms with Crippen LogP contribution in [0.5, 0.6) is 6.01 Å². The van der Waals surface area contributed by atoms with Crippen molar-refractivity contribution < 1.29 is 33.0 Å². The van der Waals surface area contributed by atoms with Gasteiger partial charge in [0, 0.05) is 105 Å². The van der Waals surface area contributed by atoms with E-state index in [0.29, 0.717) is 70.7 Å². The summed E-state index contributed by atoms with van der Waals surface area (Å²) in [5.74, 6) is 1.87. The zero-order valence-corrected chi connectivity index (χ0v) is 40.8. The lowest BCUT2D eigenvalue weighted by atomic mass is 9.94. The van der Waals surface area contributed by atoms with Gasteiger partial charge in [-0.3, -0.25) is 24.7 Å². The highest BCUT2D eigenvalue weighted by atomic mass is 19.1. The number of likely N-dealkylation sites (N-methyl/N-ethyl adjacent to an activating group) is 1. The molecule has 0 aliphatic carbocycles. The number of terminal acetylenes is 1. The number of aliphatic hydroxyl groups is 1. The van der Waals surface area contributed by atoms with Crippen molar-refractivity contribution in [2.45, 2.75) is 101 Å². The van der Waals surface area contributed by atoms with Crippen LogP contribution in [0.3, 0.4) is 0 Å². The molecule has 3 N–H and O–H groups in total. The quantitative estimate of drug-likeness (QED) is 0.123. The first kappa shape index (κ1) is 48.0. The van der Waals surface area contributed by atoms with Gasteiger partial charge in [-0.15, -0.1) is 6.42 Å².